The number of nitrogens with zero attached hydrogens (tertiary/aromatic N) is 2. The number of methoxy groups -OCH3 is 3. The molecule has 2 aromatic carbocycles. The van der Waals surface area contributed by atoms with Gasteiger partial charge in [0.05, 0.1) is 54.8 Å². The zero-order chi connectivity index (χ0) is 27.6. The van der Waals surface area contributed by atoms with Crippen LogP contribution in [0.4, 0.5) is 0 Å². The van der Waals surface area contributed by atoms with Gasteiger partial charge in [0, 0.05) is 17.0 Å². The first-order valence-corrected chi connectivity index (χ1v) is 13.9. The van der Waals surface area contributed by atoms with Crippen LogP contribution in [-0.4, -0.2) is 44.2 Å². The highest BCUT2D eigenvalue weighted by molar-refractivity contribution is 7.98. The molecule has 0 N–H and O–H groups in total. The monoisotopic (exact) mass is 554 g/mol. The Hall–Kier alpha value is -3.50. The number of rotatable bonds is 8. The zero-order valence-corrected chi connectivity index (χ0v) is 24.0. The summed E-state index contributed by atoms with van der Waals surface area (Å²) in [6.07, 6.45) is 3.40. The molecule has 0 unspecified atom stereocenters. The van der Waals surface area contributed by atoms with E-state index in [0.717, 1.165) is 10.5 Å². The van der Waals surface area contributed by atoms with Crippen molar-refractivity contribution in [2.75, 3.05) is 27.6 Å². The van der Waals surface area contributed by atoms with E-state index in [2.05, 4.69) is 4.99 Å². The fraction of sp³-hybridized carbons (Fsp3) is 0.321. The SMILES string of the molecule is COc1cc(OC)c(/C=c2/sc3n(c2=O)[C@H](c2ccc(SC)cc2)C(C(=O)OC(C)C)=C(C)N=3)c(OC)c1. The van der Waals surface area contributed by atoms with Crippen LogP contribution >= 0.6 is 23.1 Å². The maximum atomic E-state index is 13.9. The first-order valence-electron chi connectivity index (χ1n) is 11.9. The lowest BCUT2D eigenvalue weighted by Crippen LogP contribution is -2.40. The lowest BCUT2D eigenvalue weighted by Gasteiger charge is -2.25. The largest absolute Gasteiger partial charge is 0.496 e. The molecule has 1 atom stereocenters. The first-order chi connectivity index (χ1) is 18.2. The molecule has 8 nitrogen and oxygen atoms in total. The lowest BCUT2D eigenvalue weighted by atomic mass is 9.96. The Labute approximate surface area is 229 Å². The number of carbonyl (C=O) groups excluding carboxylic acids is 1. The van der Waals surface area contributed by atoms with E-state index in [9.17, 15) is 9.59 Å². The Kier molecular flexibility index (Phi) is 8.32. The minimum Gasteiger partial charge on any atom is -0.496 e. The third-order valence-corrected chi connectivity index (χ3v) is 7.77. The molecule has 1 aliphatic heterocycles. The number of esters is 1. The summed E-state index contributed by atoms with van der Waals surface area (Å²) in [5.74, 6) is 1.06. The van der Waals surface area contributed by atoms with Gasteiger partial charge in [-0.15, -0.1) is 11.8 Å². The maximum absolute atomic E-state index is 13.9. The number of hydrogen-bond donors (Lipinski definition) is 0. The van der Waals surface area contributed by atoms with Crippen LogP contribution in [0.3, 0.4) is 0 Å². The van der Waals surface area contributed by atoms with Crippen LogP contribution in [0.5, 0.6) is 17.2 Å². The highest BCUT2D eigenvalue weighted by atomic mass is 32.2. The lowest BCUT2D eigenvalue weighted by molar-refractivity contribution is -0.143. The van der Waals surface area contributed by atoms with E-state index >= 15 is 0 Å². The first kappa shape index (κ1) is 27.5. The molecule has 4 rings (SSSR count). The van der Waals surface area contributed by atoms with Gasteiger partial charge >= 0.3 is 5.97 Å². The van der Waals surface area contributed by atoms with E-state index in [-0.39, 0.29) is 11.7 Å². The number of benzene rings is 2. The molecule has 3 aromatic rings. The summed E-state index contributed by atoms with van der Waals surface area (Å²) in [5, 5.41) is 0. The fourth-order valence-corrected chi connectivity index (χ4v) is 5.70. The maximum Gasteiger partial charge on any atom is 0.338 e. The molecular weight excluding hydrogens is 524 g/mol. The second-order valence-electron chi connectivity index (χ2n) is 8.75. The number of carbonyl (C=O) groups is 1. The summed E-state index contributed by atoms with van der Waals surface area (Å²) in [6, 6.07) is 10.6. The van der Waals surface area contributed by atoms with Gasteiger partial charge in [0.25, 0.3) is 5.56 Å². The molecule has 38 heavy (non-hydrogen) atoms. The number of aromatic nitrogens is 1. The van der Waals surface area contributed by atoms with E-state index in [1.165, 1.54) is 11.3 Å². The molecule has 0 saturated carbocycles. The average molecular weight is 555 g/mol. The van der Waals surface area contributed by atoms with Gasteiger partial charge in [0.15, 0.2) is 4.80 Å². The van der Waals surface area contributed by atoms with Crippen molar-refractivity contribution in [3.8, 4) is 17.2 Å². The van der Waals surface area contributed by atoms with Crippen molar-refractivity contribution in [1.82, 2.24) is 4.57 Å². The molecule has 2 heterocycles. The molecule has 1 aromatic heterocycles. The Balaban J connectivity index is 1.97. The van der Waals surface area contributed by atoms with Crippen LogP contribution in [-0.2, 0) is 9.53 Å². The van der Waals surface area contributed by atoms with Crippen LogP contribution in [0.15, 0.2) is 62.4 Å². The molecule has 0 amide bonds. The van der Waals surface area contributed by atoms with Crippen LogP contribution in [0, 0.1) is 0 Å². The normalized spacial score (nSPS) is 15.3. The van der Waals surface area contributed by atoms with E-state index in [1.807, 2.05) is 30.5 Å². The van der Waals surface area contributed by atoms with Gasteiger partial charge in [-0.3, -0.25) is 9.36 Å². The molecule has 0 fully saturated rings. The summed E-state index contributed by atoms with van der Waals surface area (Å²) < 4.78 is 24.0. The van der Waals surface area contributed by atoms with E-state index < -0.39 is 12.0 Å². The summed E-state index contributed by atoms with van der Waals surface area (Å²) >= 11 is 2.86. The molecule has 0 aliphatic carbocycles. The summed E-state index contributed by atoms with van der Waals surface area (Å²) in [7, 11) is 4.64. The minimum atomic E-state index is -0.685. The van der Waals surface area contributed by atoms with Crippen molar-refractivity contribution < 1.29 is 23.7 Å². The third kappa shape index (κ3) is 5.23. The van der Waals surface area contributed by atoms with Crippen LogP contribution in [0.2, 0.25) is 0 Å². The third-order valence-electron chi connectivity index (χ3n) is 6.04. The molecule has 0 spiro atoms. The number of thioether (sulfide) groups is 1. The second-order valence-corrected chi connectivity index (χ2v) is 10.6. The quantitative estimate of drug-likeness (QED) is 0.308. The van der Waals surface area contributed by atoms with Crippen molar-refractivity contribution in [2.45, 2.75) is 37.8 Å². The summed E-state index contributed by atoms with van der Waals surface area (Å²) in [6.45, 7) is 5.36. The smallest absolute Gasteiger partial charge is 0.338 e. The molecule has 0 saturated heterocycles. The zero-order valence-electron chi connectivity index (χ0n) is 22.4. The molecule has 10 heteroatoms. The van der Waals surface area contributed by atoms with Crippen molar-refractivity contribution in [2.24, 2.45) is 4.99 Å². The topological polar surface area (TPSA) is 88.4 Å². The number of hydrogen-bond acceptors (Lipinski definition) is 9. The number of thiazole rings is 1. The number of ether oxygens (including phenoxy) is 4. The summed E-state index contributed by atoms with van der Waals surface area (Å²) in [4.78, 5) is 33.4. The minimum absolute atomic E-state index is 0.282. The Morgan fingerprint density at radius 3 is 2.24 bits per heavy atom. The Bertz CT molecular complexity index is 1540. The molecule has 0 bridgehead atoms. The van der Waals surface area contributed by atoms with Crippen molar-refractivity contribution >= 4 is 35.1 Å². The number of fused-ring (bicyclic) bond motifs is 1. The van der Waals surface area contributed by atoms with Gasteiger partial charge in [0.1, 0.15) is 17.2 Å². The van der Waals surface area contributed by atoms with E-state index in [0.29, 0.717) is 43.4 Å². The van der Waals surface area contributed by atoms with E-state index in [4.69, 9.17) is 18.9 Å². The van der Waals surface area contributed by atoms with Gasteiger partial charge in [-0.25, -0.2) is 9.79 Å². The van der Waals surface area contributed by atoms with Gasteiger partial charge in [-0.2, -0.15) is 0 Å². The Morgan fingerprint density at radius 1 is 1.08 bits per heavy atom. The fourth-order valence-electron chi connectivity index (χ4n) is 4.27. The van der Waals surface area contributed by atoms with E-state index in [1.54, 1.807) is 76.6 Å². The van der Waals surface area contributed by atoms with Gasteiger partial charge in [-0.1, -0.05) is 23.5 Å². The molecule has 0 radical (unpaired) electrons. The standard InChI is InChI=1S/C28H30N2O6S2/c1-15(2)36-27(32)24-16(3)29-28-30(25(24)17-8-10-19(37-7)11-9-17)26(31)23(38-28)14-20-21(34-5)12-18(33-4)13-22(20)35-6/h8-15,25H,1-7H3/b23-14+/t25-/m1/s1. The number of allylic oxidation sites excluding steroid dienone is 1. The average Bonchev–Trinajstić information content (AvgIpc) is 3.21. The highest BCUT2D eigenvalue weighted by Crippen LogP contribution is 2.35. The summed E-state index contributed by atoms with van der Waals surface area (Å²) in [5.41, 5.74) is 1.96. The van der Waals surface area contributed by atoms with Gasteiger partial charge in [-0.05, 0) is 50.8 Å². The van der Waals surface area contributed by atoms with Crippen LogP contribution < -0.4 is 29.1 Å². The second kappa shape index (κ2) is 11.5. The molecular formula is C28H30N2O6S2. The van der Waals surface area contributed by atoms with Crippen molar-refractivity contribution in [3.05, 3.63) is 78.5 Å². The Morgan fingerprint density at radius 2 is 1.71 bits per heavy atom. The van der Waals surface area contributed by atoms with Crippen molar-refractivity contribution in [3.63, 3.8) is 0 Å². The highest BCUT2D eigenvalue weighted by Gasteiger charge is 2.33. The molecule has 1 aliphatic rings. The predicted molar refractivity (Wildman–Crippen MR) is 149 cm³/mol. The van der Waals surface area contributed by atoms with Crippen LogP contribution in [0.1, 0.15) is 37.9 Å². The van der Waals surface area contributed by atoms with Gasteiger partial charge in [0.2, 0.25) is 0 Å². The molecule has 200 valence electrons. The van der Waals surface area contributed by atoms with Crippen molar-refractivity contribution in [1.29, 1.82) is 0 Å². The van der Waals surface area contributed by atoms with Crippen LogP contribution in [0.25, 0.3) is 6.08 Å². The van der Waals surface area contributed by atoms with Gasteiger partial charge < -0.3 is 18.9 Å². The predicted octanol–water partition coefficient (Wildman–Crippen LogP) is 3.93.